The van der Waals surface area contributed by atoms with E-state index >= 15 is 0 Å². The topological polar surface area (TPSA) is 127 Å². The zero-order chi connectivity index (χ0) is 18.2. The number of nitrogens with zero attached hydrogens (tertiary/aromatic N) is 3. The summed E-state index contributed by atoms with van der Waals surface area (Å²) in [6.07, 6.45) is 0.419. The van der Waals surface area contributed by atoms with Crippen LogP contribution in [-0.2, 0) is 16.6 Å². The molecule has 9 nitrogen and oxygen atoms in total. The molecule has 0 atom stereocenters. The first-order valence-electron chi connectivity index (χ1n) is 7.30. The maximum absolute atomic E-state index is 12.4. The molecule has 3 amide bonds. The van der Waals surface area contributed by atoms with Crippen LogP contribution in [0.1, 0.15) is 34.5 Å². The van der Waals surface area contributed by atoms with Gasteiger partial charge in [-0.3, -0.25) is 19.2 Å². The monoisotopic (exact) mass is 333 g/mol. The molecule has 0 bridgehead atoms. The summed E-state index contributed by atoms with van der Waals surface area (Å²) in [5, 5.41) is 7.73. The van der Waals surface area contributed by atoms with Crippen molar-refractivity contribution in [3.05, 3.63) is 27.2 Å². The van der Waals surface area contributed by atoms with E-state index in [0.29, 0.717) is 16.9 Å². The summed E-state index contributed by atoms with van der Waals surface area (Å²) in [5.41, 5.74) is 5.91. The van der Waals surface area contributed by atoms with E-state index in [4.69, 9.17) is 5.73 Å². The molecule has 1 aliphatic rings. The SMILES string of the molecule is Cc1c(NC(=O)C2=NN(C)C(=O)CC2)c(C)n(C)c(=O)c1C(N)=O. The molecular formula is C15H19N5O4. The third-order valence-corrected chi connectivity index (χ3v) is 4.09. The van der Waals surface area contributed by atoms with Gasteiger partial charge < -0.3 is 15.6 Å². The third kappa shape index (κ3) is 2.92. The first kappa shape index (κ1) is 17.4. The second-order valence-corrected chi connectivity index (χ2v) is 5.61. The van der Waals surface area contributed by atoms with Gasteiger partial charge in [0.05, 0.1) is 5.69 Å². The molecule has 1 aromatic rings. The number of carbonyl (C=O) groups is 3. The Bertz CT molecular complexity index is 837. The number of amides is 3. The average molecular weight is 333 g/mol. The predicted molar refractivity (Wildman–Crippen MR) is 87.7 cm³/mol. The maximum atomic E-state index is 12.4. The number of carbonyl (C=O) groups excluding carboxylic acids is 3. The van der Waals surface area contributed by atoms with Crippen LogP contribution >= 0.6 is 0 Å². The standard InChI is InChI=1S/C15H19N5O4/c1-7-11(13(16)22)15(24)19(3)8(2)12(7)17-14(23)9-5-6-10(21)20(4)18-9/h5-6H2,1-4H3,(H2,16,22)(H,17,23). The van der Waals surface area contributed by atoms with Crippen LogP contribution in [-0.4, -0.2) is 40.1 Å². The predicted octanol–water partition coefficient (Wildman–Crippen LogP) is -0.352. The lowest BCUT2D eigenvalue weighted by Crippen LogP contribution is -2.36. The Kier molecular flexibility index (Phi) is 4.54. The highest BCUT2D eigenvalue weighted by atomic mass is 16.2. The number of nitrogens with two attached hydrogens (primary N) is 1. The van der Waals surface area contributed by atoms with Gasteiger partial charge in [-0.1, -0.05) is 0 Å². The van der Waals surface area contributed by atoms with Crippen molar-refractivity contribution in [3.63, 3.8) is 0 Å². The summed E-state index contributed by atoms with van der Waals surface area (Å²) in [6, 6.07) is 0. The molecule has 128 valence electrons. The Morgan fingerprint density at radius 1 is 1.17 bits per heavy atom. The third-order valence-electron chi connectivity index (χ3n) is 4.09. The lowest BCUT2D eigenvalue weighted by atomic mass is 10.1. The molecule has 0 spiro atoms. The Morgan fingerprint density at radius 2 is 1.79 bits per heavy atom. The van der Waals surface area contributed by atoms with Crippen LogP contribution in [0, 0.1) is 13.8 Å². The van der Waals surface area contributed by atoms with E-state index < -0.39 is 17.4 Å². The van der Waals surface area contributed by atoms with Crippen LogP contribution in [0.3, 0.4) is 0 Å². The minimum Gasteiger partial charge on any atom is -0.365 e. The minimum absolute atomic E-state index is 0.169. The van der Waals surface area contributed by atoms with Gasteiger partial charge in [0.25, 0.3) is 17.4 Å². The molecule has 2 rings (SSSR count). The smallest absolute Gasteiger partial charge is 0.271 e. The van der Waals surface area contributed by atoms with Gasteiger partial charge in [-0.05, 0) is 19.4 Å². The quantitative estimate of drug-likeness (QED) is 0.783. The van der Waals surface area contributed by atoms with E-state index in [1.54, 1.807) is 13.8 Å². The summed E-state index contributed by atoms with van der Waals surface area (Å²) in [6.45, 7) is 3.19. The number of hydrazone groups is 1. The van der Waals surface area contributed by atoms with Crippen molar-refractivity contribution in [2.24, 2.45) is 17.9 Å². The van der Waals surface area contributed by atoms with Crippen LogP contribution < -0.4 is 16.6 Å². The van der Waals surface area contributed by atoms with E-state index in [1.165, 1.54) is 18.7 Å². The fourth-order valence-corrected chi connectivity index (χ4v) is 2.54. The Hall–Kier alpha value is -2.97. The van der Waals surface area contributed by atoms with Crippen molar-refractivity contribution in [1.29, 1.82) is 0 Å². The highest BCUT2D eigenvalue weighted by Gasteiger charge is 2.25. The number of nitrogens with one attached hydrogen (secondary N) is 1. The largest absolute Gasteiger partial charge is 0.365 e. The zero-order valence-electron chi connectivity index (χ0n) is 14.0. The first-order chi connectivity index (χ1) is 11.1. The molecule has 0 aliphatic carbocycles. The Morgan fingerprint density at radius 3 is 2.33 bits per heavy atom. The summed E-state index contributed by atoms with van der Waals surface area (Å²) in [4.78, 5) is 47.6. The Labute approximate surface area is 138 Å². The van der Waals surface area contributed by atoms with Gasteiger partial charge in [0.1, 0.15) is 11.3 Å². The number of hydrogen-bond donors (Lipinski definition) is 2. The van der Waals surface area contributed by atoms with Gasteiger partial charge in [-0.2, -0.15) is 5.10 Å². The molecule has 2 heterocycles. The van der Waals surface area contributed by atoms with E-state index in [1.807, 2.05) is 0 Å². The molecule has 24 heavy (non-hydrogen) atoms. The van der Waals surface area contributed by atoms with Crippen LogP contribution in [0.2, 0.25) is 0 Å². The van der Waals surface area contributed by atoms with Crippen molar-refractivity contribution < 1.29 is 14.4 Å². The van der Waals surface area contributed by atoms with E-state index in [9.17, 15) is 19.2 Å². The lowest BCUT2D eigenvalue weighted by Gasteiger charge is -2.21. The van der Waals surface area contributed by atoms with Crippen molar-refractivity contribution >= 4 is 29.1 Å². The molecule has 0 unspecified atom stereocenters. The molecule has 3 N–H and O–H groups in total. The van der Waals surface area contributed by atoms with Crippen LogP contribution in [0.15, 0.2) is 9.90 Å². The molecule has 9 heteroatoms. The molecular weight excluding hydrogens is 314 g/mol. The van der Waals surface area contributed by atoms with Crippen molar-refractivity contribution in [2.45, 2.75) is 26.7 Å². The number of aromatic nitrogens is 1. The molecule has 0 fully saturated rings. The van der Waals surface area contributed by atoms with Crippen LogP contribution in [0.4, 0.5) is 5.69 Å². The first-order valence-corrected chi connectivity index (χ1v) is 7.30. The number of rotatable bonds is 3. The van der Waals surface area contributed by atoms with Gasteiger partial charge in [0.2, 0.25) is 5.91 Å². The van der Waals surface area contributed by atoms with E-state index in [-0.39, 0.29) is 30.0 Å². The summed E-state index contributed by atoms with van der Waals surface area (Å²) < 4.78 is 1.25. The summed E-state index contributed by atoms with van der Waals surface area (Å²) in [7, 11) is 2.96. The molecule has 0 saturated carbocycles. The highest BCUT2D eigenvalue weighted by Crippen LogP contribution is 2.21. The number of hydrogen-bond acceptors (Lipinski definition) is 5. The second kappa shape index (κ2) is 6.26. The highest BCUT2D eigenvalue weighted by molar-refractivity contribution is 6.43. The minimum atomic E-state index is -0.857. The number of anilines is 1. The van der Waals surface area contributed by atoms with Crippen LogP contribution in [0.5, 0.6) is 0 Å². The van der Waals surface area contributed by atoms with Crippen molar-refractivity contribution in [3.8, 4) is 0 Å². The van der Waals surface area contributed by atoms with Gasteiger partial charge in [0, 0.05) is 32.6 Å². The van der Waals surface area contributed by atoms with Gasteiger partial charge >= 0.3 is 0 Å². The summed E-state index contributed by atoms with van der Waals surface area (Å²) >= 11 is 0. The molecule has 0 radical (unpaired) electrons. The molecule has 0 saturated heterocycles. The van der Waals surface area contributed by atoms with E-state index in [0.717, 1.165) is 5.01 Å². The molecule has 1 aliphatic heterocycles. The Balaban J connectivity index is 2.45. The van der Waals surface area contributed by atoms with Gasteiger partial charge in [0.15, 0.2) is 0 Å². The molecule has 0 aromatic carbocycles. The normalized spacial score (nSPS) is 14.4. The van der Waals surface area contributed by atoms with E-state index in [2.05, 4.69) is 10.4 Å². The average Bonchev–Trinajstić information content (AvgIpc) is 2.51. The molecule has 1 aromatic heterocycles. The van der Waals surface area contributed by atoms with Gasteiger partial charge in [-0.25, -0.2) is 5.01 Å². The number of primary amides is 1. The second-order valence-electron chi connectivity index (χ2n) is 5.61. The number of pyridine rings is 1. The van der Waals surface area contributed by atoms with Crippen molar-refractivity contribution in [2.75, 3.05) is 12.4 Å². The lowest BCUT2D eigenvalue weighted by molar-refractivity contribution is -0.130. The fraction of sp³-hybridized carbons (Fsp3) is 0.400. The fourth-order valence-electron chi connectivity index (χ4n) is 2.54. The zero-order valence-corrected chi connectivity index (χ0v) is 14.0. The van der Waals surface area contributed by atoms with Crippen LogP contribution in [0.25, 0.3) is 0 Å². The maximum Gasteiger partial charge on any atom is 0.271 e. The van der Waals surface area contributed by atoms with Gasteiger partial charge in [-0.15, -0.1) is 0 Å². The van der Waals surface area contributed by atoms with Crippen molar-refractivity contribution in [1.82, 2.24) is 9.58 Å². The summed E-state index contributed by atoms with van der Waals surface area (Å²) in [5.74, 6) is -1.52.